The lowest BCUT2D eigenvalue weighted by atomic mass is 9.77. The minimum atomic E-state index is 0.0918. The topological polar surface area (TPSA) is 137 Å². The van der Waals surface area contributed by atoms with Crippen LogP contribution in [0.25, 0.3) is 0 Å². The molecule has 5 aliphatic carbocycles. The van der Waals surface area contributed by atoms with Gasteiger partial charge in [-0.15, -0.1) is 0 Å². The van der Waals surface area contributed by atoms with Gasteiger partial charge in [0.05, 0.1) is 13.2 Å². The Morgan fingerprint density at radius 2 is 0.870 bits per heavy atom. The number of para-hydroxylation sites is 2. The molecule has 8 N–H and O–H groups in total. The fraction of sp³-hybridized carbons (Fsp3) is 0.771. The number of nitrogens with one attached hydrogen (secondary N) is 8. The molecule has 5 aromatic rings. The molecule has 10 atom stereocenters. The van der Waals surface area contributed by atoms with Gasteiger partial charge in [0, 0.05) is 135 Å². The number of morpholine rings is 1. The number of aryl methyl sites for hydroxylation is 3. The van der Waals surface area contributed by atoms with E-state index < -0.39 is 0 Å². The van der Waals surface area contributed by atoms with Crippen LogP contribution in [0.3, 0.4) is 0 Å². The Morgan fingerprint density at radius 3 is 1.34 bits per heavy atom. The SMILES string of the molecule is CC(C)(C)N1CCOCC1.CC(C)(C)NC1CCCc2ccccc21.CC(C)(C)NC1CCc2ccccc2C1.CC(C)(C)NCC1COc2ccccc2O1.CC(NC(C)(C)C)c1ccccc1.CC1CCC(NC(C)(C)C)CC1.CC1CCCC(NC(C)(C)C)C1C.CC1CCCCC1NC(C)(C)C.CC1CCCCN1C(C)(C)C.CCN(CC)C(C)(C)C.CN(C)C(C)(C)C.Cc1ccc(CNC(C)(C)C)cc1. The third kappa shape index (κ3) is 65.0. The highest BCUT2D eigenvalue weighted by molar-refractivity contribution is 5.41. The van der Waals surface area contributed by atoms with Gasteiger partial charge in [-0.1, -0.05) is 194 Å². The monoisotopic (exact) mass is 2030 g/mol. The minimum Gasteiger partial charge on any atom is -0.486 e. The highest BCUT2D eigenvalue weighted by atomic mass is 16.6. The summed E-state index contributed by atoms with van der Waals surface area (Å²) in [6, 6.07) is 49.4. The van der Waals surface area contributed by atoms with Crippen LogP contribution in [0.2, 0.25) is 0 Å². The Morgan fingerprint density at radius 1 is 0.397 bits per heavy atom. The van der Waals surface area contributed by atoms with E-state index in [1.807, 2.05) is 30.3 Å². The van der Waals surface area contributed by atoms with Gasteiger partial charge in [-0.2, -0.15) is 0 Å². The van der Waals surface area contributed by atoms with E-state index in [9.17, 15) is 0 Å². The number of ether oxygens (including phenoxy) is 3. The maximum Gasteiger partial charge on any atom is 0.161 e. The molecule has 0 amide bonds. The van der Waals surface area contributed by atoms with Gasteiger partial charge in [-0.25, -0.2) is 0 Å². The van der Waals surface area contributed by atoms with Crippen LogP contribution in [-0.2, 0) is 30.5 Å². The average Bonchev–Trinajstić information content (AvgIpc) is 0.824. The summed E-state index contributed by atoms with van der Waals surface area (Å²) in [7, 11) is 4.17. The van der Waals surface area contributed by atoms with Gasteiger partial charge in [0.2, 0.25) is 0 Å². The van der Waals surface area contributed by atoms with Crippen LogP contribution in [0, 0.1) is 30.6 Å². The zero-order chi connectivity index (χ0) is 111. The highest BCUT2D eigenvalue weighted by Crippen LogP contribution is 2.36. The number of rotatable bonds is 13. The van der Waals surface area contributed by atoms with Gasteiger partial charge in [0.1, 0.15) is 12.7 Å². The van der Waals surface area contributed by atoms with E-state index in [2.05, 4.69) is 485 Å². The first kappa shape index (κ1) is 137. The zero-order valence-electron chi connectivity index (χ0n) is 105. The highest BCUT2D eigenvalue weighted by Gasteiger charge is 2.34. The van der Waals surface area contributed by atoms with Gasteiger partial charge >= 0.3 is 0 Å². The fourth-order valence-electron chi connectivity index (χ4n) is 19.9. The van der Waals surface area contributed by atoms with Crippen molar-refractivity contribution in [3.63, 3.8) is 0 Å². The molecule has 15 nitrogen and oxygen atoms in total. The predicted molar refractivity (Wildman–Crippen MR) is 645 cm³/mol. The van der Waals surface area contributed by atoms with Crippen molar-refractivity contribution in [2.75, 3.05) is 73.2 Å². The first-order valence-corrected chi connectivity index (χ1v) is 58.4. The van der Waals surface area contributed by atoms with Gasteiger partial charge in [0.25, 0.3) is 0 Å². The van der Waals surface area contributed by atoms with Crippen molar-refractivity contribution >= 4 is 0 Å². The summed E-state index contributed by atoms with van der Waals surface area (Å²) < 4.78 is 16.7. The summed E-state index contributed by atoms with van der Waals surface area (Å²) in [5.41, 5.74) is 13.3. The standard InChI is InChI=1S/2C14H21N.C13H19NO2.C12H25N.2C12H19N.2C11H23N.C10H21N.C8H17NO.C8H19N.C6H15N/c1-14(2,3)15-13-10-6-8-11-7-4-5-9-12(11)13;1-14(2,3)15-13-9-8-11-6-4-5-7-12(11)10-13;1-13(2,3)14-8-10-9-15-11-6-4-5-7-12(11)16-10;1-9-7-6-8-11(10(9)2)13-12(3,4)5;1-10-5-7-11(8-6-10)9-13-12(2,3)4;1-10(13-12(2,3)4)11-8-6-5-7-9-11;1-9-5-7-10(8-6-9)12-11(2,3)4;1-9-7-5-6-8-10(9)12-11(2,3)4;1-9-7-5-6-8-11(9)10(2,3)4;1-8(2,3)9-4-6-10-7-5-9;1-6-9(7-2)8(3,4)5;1-6(2,3)7(4)5/h4-5,7,9,13,15H,6,8,10H2,1-3H3;4-7,13,15H,8-10H2,1-3H3;4-7,10,14H,8-9H2,1-3H3;9-11,13H,6-8H2,1-5H3;5-8,13H,9H2,1-4H3;5-10,13H,1-4H3;2*9-10,12H,5-8H2,1-4H3;9H,5-8H2,1-4H3;4-7H2,1-3H3;6-7H2,1-5H3;1-5H3. The molecule has 0 aromatic heterocycles. The molecule has 13 rings (SSSR count). The summed E-state index contributed by atoms with van der Waals surface area (Å²) in [4.78, 5) is 9.70. The van der Waals surface area contributed by atoms with E-state index in [4.69, 9.17) is 14.2 Å². The summed E-state index contributed by atoms with van der Waals surface area (Å²) in [5.74, 6) is 5.26. The number of fused-ring (bicyclic) bond motifs is 3. The van der Waals surface area contributed by atoms with Gasteiger partial charge in [-0.05, 0) is 469 Å². The molecule has 3 heterocycles. The molecule has 2 saturated heterocycles. The molecule has 15 heteroatoms. The van der Waals surface area contributed by atoms with Gasteiger partial charge < -0.3 is 61.6 Å². The minimum absolute atomic E-state index is 0.0918. The molecule has 3 saturated carbocycles. The third-order valence-electron chi connectivity index (χ3n) is 28.7. The first-order chi connectivity index (χ1) is 67.1. The fourth-order valence-corrected chi connectivity index (χ4v) is 19.9. The molecule has 5 fully saturated rings. The number of benzene rings is 5. The molecular weight excluding hydrogens is 1790 g/mol. The van der Waals surface area contributed by atoms with Crippen molar-refractivity contribution in [3.8, 4) is 11.5 Å². The van der Waals surface area contributed by atoms with Crippen molar-refractivity contribution in [1.82, 2.24) is 62.1 Å². The van der Waals surface area contributed by atoms with Crippen LogP contribution in [0.5, 0.6) is 11.5 Å². The molecule has 5 aromatic carbocycles. The molecular formula is C131H242N12O3. The van der Waals surface area contributed by atoms with Crippen molar-refractivity contribution in [1.29, 1.82) is 0 Å². The largest absolute Gasteiger partial charge is 0.486 e. The number of hydrogen-bond acceptors (Lipinski definition) is 15. The maximum absolute atomic E-state index is 5.84. The Kier molecular flexibility index (Phi) is 61.2. The van der Waals surface area contributed by atoms with Crippen LogP contribution < -0.4 is 52.0 Å². The van der Waals surface area contributed by atoms with Crippen LogP contribution in [-0.4, -0.2) is 196 Å². The van der Waals surface area contributed by atoms with Crippen LogP contribution in [0.1, 0.15) is 465 Å². The molecule has 3 aliphatic heterocycles. The van der Waals surface area contributed by atoms with Crippen molar-refractivity contribution in [3.05, 3.63) is 166 Å². The second kappa shape index (κ2) is 65.1. The van der Waals surface area contributed by atoms with Gasteiger partial charge in [0.15, 0.2) is 11.5 Å². The second-order valence-corrected chi connectivity index (χ2v) is 56.7. The third-order valence-corrected chi connectivity index (χ3v) is 28.7. The van der Waals surface area contributed by atoms with E-state index in [1.54, 1.807) is 5.56 Å². The Labute approximate surface area is 906 Å². The second-order valence-electron chi connectivity index (χ2n) is 56.7. The van der Waals surface area contributed by atoms with Crippen LogP contribution in [0.15, 0.2) is 127 Å². The van der Waals surface area contributed by atoms with Crippen LogP contribution in [0.4, 0.5) is 0 Å². The Bertz CT molecular complexity index is 4140. The number of hydrogen-bond donors (Lipinski definition) is 8. The predicted octanol–water partition coefficient (Wildman–Crippen LogP) is 31.0. The number of nitrogens with zero attached hydrogens (tertiary/aromatic N) is 4. The molecule has 146 heavy (non-hydrogen) atoms. The van der Waals surface area contributed by atoms with Crippen molar-refractivity contribution in [2.24, 2.45) is 23.7 Å². The Balaban J connectivity index is 0.000000541. The van der Waals surface area contributed by atoms with E-state index in [0.29, 0.717) is 52.4 Å². The maximum atomic E-state index is 5.84. The number of likely N-dealkylation sites (tertiary alicyclic amines) is 1. The summed E-state index contributed by atoms with van der Waals surface area (Å²) in [6.45, 7) is 111. The lowest BCUT2D eigenvalue weighted by Gasteiger charge is -2.43. The average molecular weight is 2030 g/mol. The summed E-state index contributed by atoms with van der Waals surface area (Å²) in [6.07, 6.45) is 27.2. The molecule has 10 unspecified atom stereocenters. The molecule has 8 aliphatic rings. The summed E-state index contributed by atoms with van der Waals surface area (Å²) in [5, 5.41) is 28.9. The zero-order valence-corrected chi connectivity index (χ0v) is 105. The Hall–Kier alpha value is -4.82. The smallest absolute Gasteiger partial charge is 0.161 e. The van der Waals surface area contributed by atoms with E-state index in [-0.39, 0.29) is 44.9 Å². The van der Waals surface area contributed by atoms with Crippen molar-refractivity contribution < 1.29 is 14.2 Å². The molecule has 844 valence electrons. The van der Waals surface area contributed by atoms with Crippen LogP contribution >= 0.6 is 0 Å². The molecule has 0 spiro atoms. The van der Waals surface area contributed by atoms with E-state index >= 15 is 0 Å². The molecule has 0 bridgehead atoms. The summed E-state index contributed by atoms with van der Waals surface area (Å²) >= 11 is 0. The number of piperidine rings is 1. The van der Waals surface area contributed by atoms with Gasteiger partial charge in [-0.3, -0.25) is 14.7 Å². The first-order valence-electron chi connectivity index (χ1n) is 58.4. The molecule has 0 radical (unpaired) electrons. The normalized spacial score (nSPS) is 22.4. The van der Waals surface area contributed by atoms with E-state index in [1.165, 1.54) is 168 Å². The quantitative estimate of drug-likeness (QED) is 0.0568. The van der Waals surface area contributed by atoms with Crippen molar-refractivity contribution in [2.45, 2.75) is 561 Å². The lowest BCUT2D eigenvalue weighted by Crippen LogP contribution is -2.49. The lowest BCUT2D eigenvalue weighted by molar-refractivity contribution is -0.00389. The van der Waals surface area contributed by atoms with E-state index in [0.717, 1.165) is 112 Å².